The minimum Gasteiger partial charge on any atom is -0.508 e. The first kappa shape index (κ1) is 42.0. The van der Waals surface area contributed by atoms with E-state index in [1.807, 2.05) is 53.6 Å². The molecular weight excluding hydrogens is 781 g/mol. The second-order valence-electron chi connectivity index (χ2n) is 16.4. The second kappa shape index (κ2) is 18.1. The number of imidazole rings is 2. The maximum atomic E-state index is 14.2. The van der Waals surface area contributed by atoms with Gasteiger partial charge in [-0.2, -0.15) is 0 Å². The Morgan fingerprint density at radius 1 is 0.758 bits per heavy atom. The minimum atomic E-state index is -1.55. The molecule has 13 nitrogen and oxygen atoms in total. The van der Waals surface area contributed by atoms with Gasteiger partial charge in [0.15, 0.2) is 5.60 Å². The number of H-pyrrole nitrogens is 2. The van der Waals surface area contributed by atoms with Crippen LogP contribution < -0.4 is 5.73 Å². The molecule has 3 amide bonds. The smallest absolute Gasteiger partial charge is 0.405 e. The number of phenols is 1. The quantitative estimate of drug-likeness (QED) is 0.0848. The van der Waals surface area contributed by atoms with Gasteiger partial charge in [-0.1, -0.05) is 105 Å². The number of hydrogen-bond donors (Lipinski definition) is 4. The Morgan fingerprint density at radius 2 is 1.26 bits per heavy atom. The molecule has 2 saturated heterocycles. The summed E-state index contributed by atoms with van der Waals surface area (Å²) < 4.78 is 5.48. The second-order valence-corrected chi connectivity index (χ2v) is 16.4. The summed E-state index contributed by atoms with van der Waals surface area (Å²) in [5.74, 6) is 1.33. The molecule has 0 bridgehead atoms. The maximum Gasteiger partial charge on any atom is 0.405 e. The number of aromatic amines is 2. The Labute approximate surface area is 362 Å². The molecule has 0 spiro atoms. The lowest BCUT2D eigenvalue weighted by Gasteiger charge is -2.34. The molecule has 0 saturated carbocycles. The molecule has 13 heteroatoms. The molecule has 2 aromatic heterocycles. The van der Waals surface area contributed by atoms with Crippen LogP contribution >= 0.6 is 0 Å². The van der Waals surface area contributed by atoms with Crippen LogP contribution in [0.3, 0.4) is 0 Å². The number of primary amides is 1. The van der Waals surface area contributed by atoms with Crippen molar-refractivity contribution in [3.63, 3.8) is 0 Å². The highest BCUT2D eigenvalue weighted by molar-refractivity contribution is 5.88. The summed E-state index contributed by atoms with van der Waals surface area (Å²) >= 11 is 0. The summed E-state index contributed by atoms with van der Waals surface area (Å²) in [5.41, 5.74) is 11.4. The number of phenolic OH excluding ortho intramolecular Hbond substituents is 1. The number of amides is 3. The highest BCUT2D eigenvalue weighted by atomic mass is 16.6. The SMILES string of the molecule is CCN(CC)[C@@H](C(=O)N1CCC[C@H]1c1ncc(-c2ccc(-c3ccc(-c4cnc([C@@H]5CCCN5C(=O)[C@](C)(Cc5ccc(O)cc5)OC(N)=O)[nH]4)cc3)cc2)[nH]1)c1ccccc1. The highest BCUT2D eigenvalue weighted by Gasteiger charge is 2.45. The Bertz CT molecular complexity index is 2480. The van der Waals surface area contributed by atoms with Crippen molar-refractivity contribution in [1.82, 2.24) is 34.6 Å². The van der Waals surface area contributed by atoms with Crippen molar-refractivity contribution in [2.75, 3.05) is 26.2 Å². The number of nitrogens with zero attached hydrogens (tertiary/aromatic N) is 5. The molecule has 0 radical (unpaired) electrons. The van der Waals surface area contributed by atoms with Gasteiger partial charge >= 0.3 is 6.09 Å². The summed E-state index contributed by atoms with van der Waals surface area (Å²) in [5, 5.41) is 9.73. The molecule has 0 aliphatic carbocycles. The number of carbonyl (C=O) groups is 3. The van der Waals surface area contributed by atoms with Crippen LogP contribution in [-0.4, -0.2) is 89.4 Å². The van der Waals surface area contributed by atoms with Crippen LogP contribution in [0, 0.1) is 0 Å². The topological polar surface area (TPSA) is 174 Å². The van der Waals surface area contributed by atoms with Crippen LogP contribution in [0.4, 0.5) is 4.79 Å². The van der Waals surface area contributed by atoms with Crippen LogP contribution in [0.5, 0.6) is 5.75 Å². The molecule has 4 heterocycles. The Balaban J connectivity index is 0.931. The number of likely N-dealkylation sites (tertiary alicyclic amines) is 2. The average Bonchev–Trinajstić information content (AvgIpc) is 4.14. The molecule has 6 aromatic rings. The normalized spacial score (nSPS) is 17.9. The van der Waals surface area contributed by atoms with Gasteiger partial charge in [-0.05, 0) is 91.2 Å². The predicted molar refractivity (Wildman–Crippen MR) is 237 cm³/mol. The molecule has 8 rings (SSSR count). The number of nitrogens with two attached hydrogens (primary N) is 1. The molecule has 0 unspecified atom stereocenters. The first-order valence-electron chi connectivity index (χ1n) is 21.5. The summed E-state index contributed by atoms with van der Waals surface area (Å²) in [4.78, 5) is 62.8. The van der Waals surface area contributed by atoms with Gasteiger partial charge in [0.05, 0.1) is 35.9 Å². The van der Waals surface area contributed by atoms with Gasteiger partial charge in [-0.15, -0.1) is 0 Å². The number of hydrogen-bond acceptors (Lipinski definition) is 8. The van der Waals surface area contributed by atoms with Gasteiger partial charge in [0.25, 0.3) is 5.91 Å². The molecule has 320 valence electrons. The van der Waals surface area contributed by atoms with E-state index < -0.39 is 11.7 Å². The van der Waals surface area contributed by atoms with Gasteiger partial charge in [0, 0.05) is 19.5 Å². The Hall–Kier alpha value is -6.73. The zero-order chi connectivity index (χ0) is 43.4. The molecule has 5 N–H and O–H groups in total. The third-order valence-corrected chi connectivity index (χ3v) is 12.4. The fraction of sp³-hybridized carbons (Fsp3) is 0.327. The van der Waals surface area contributed by atoms with Crippen molar-refractivity contribution in [1.29, 1.82) is 0 Å². The lowest BCUT2D eigenvalue weighted by molar-refractivity contribution is -0.150. The zero-order valence-electron chi connectivity index (χ0n) is 35.5. The minimum absolute atomic E-state index is 0.0944. The number of nitrogens with one attached hydrogen (secondary N) is 2. The van der Waals surface area contributed by atoms with E-state index in [1.165, 1.54) is 12.1 Å². The van der Waals surface area contributed by atoms with Crippen LogP contribution in [-0.2, 0) is 20.7 Å². The van der Waals surface area contributed by atoms with Gasteiger partial charge < -0.3 is 35.3 Å². The molecule has 4 aromatic carbocycles. The van der Waals surface area contributed by atoms with Gasteiger partial charge in [-0.25, -0.2) is 14.8 Å². The van der Waals surface area contributed by atoms with Crippen LogP contribution in [0.15, 0.2) is 116 Å². The molecule has 4 atom stereocenters. The highest BCUT2D eigenvalue weighted by Crippen LogP contribution is 2.38. The average molecular weight is 835 g/mol. The van der Waals surface area contributed by atoms with Crippen LogP contribution in [0.2, 0.25) is 0 Å². The number of aromatic nitrogens is 4. The van der Waals surface area contributed by atoms with Crippen LogP contribution in [0.1, 0.15) is 87.4 Å². The van der Waals surface area contributed by atoms with Gasteiger partial charge in [-0.3, -0.25) is 14.5 Å². The van der Waals surface area contributed by atoms with E-state index in [0.29, 0.717) is 30.9 Å². The number of carbonyl (C=O) groups excluding carboxylic acids is 3. The lowest BCUT2D eigenvalue weighted by Crippen LogP contribution is -2.51. The van der Waals surface area contributed by atoms with E-state index in [2.05, 4.69) is 65.1 Å². The number of ether oxygens (including phenoxy) is 1. The zero-order valence-corrected chi connectivity index (χ0v) is 35.5. The van der Waals surface area contributed by atoms with Crippen molar-refractivity contribution in [2.24, 2.45) is 5.73 Å². The van der Waals surface area contributed by atoms with E-state index >= 15 is 0 Å². The van der Waals surface area contributed by atoms with Crippen LogP contribution in [0.25, 0.3) is 33.6 Å². The number of aromatic hydroxyl groups is 1. The Kier molecular flexibility index (Phi) is 12.2. The van der Waals surface area contributed by atoms with E-state index in [1.54, 1.807) is 30.2 Å². The van der Waals surface area contributed by atoms with Crippen molar-refractivity contribution < 1.29 is 24.2 Å². The van der Waals surface area contributed by atoms with Gasteiger partial charge in [0.2, 0.25) is 5.91 Å². The summed E-state index contributed by atoms with van der Waals surface area (Å²) in [7, 11) is 0. The van der Waals surface area contributed by atoms with Crippen molar-refractivity contribution in [2.45, 2.75) is 76.6 Å². The predicted octanol–water partition coefficient (Wildman–Crippen LogP) is 8.35. The van der Waals surface area contributed by atoms with E-state index in [9.17, 15) is 19.5 Å². The summed E-state index contributed by atoms with van der Waals surface area (Å²) in [6.07, 6.45) is 5.96. The third kappa shape index (κ3) is 8.71. The largest absolute Gasteiger partial charge is 0.508 e. The first-order valence-corrected chi connectivity index (χ1v) is 21.5. The molecule has 2 fully saturated rings. The molecule has 2 aliphatic heterocycles. The van der Waals surface area contributed by atoms with Crippen molar-refractivity contribution >= 4 is 17.9 Å². The first-order chi connectivity index (χ1) is 30.0. The fourth-order valence-electron chi connectivity index (χ4n) is 9.17. The van der Waals surface area contributed by atoms with E-state index in [-0.39, 0.29) is 42.1 Å². The molecule has 2 aliphatic rings. The molecular formula is C49H54N8O5. The lowest BCUT2D eigenvalue weighted by atomic mass is 9.94. The van der Waals surface area contributed by atoms with Crippen molar-refractivity contribution in [3.8, 4) is 39.4 Å². The third-order valence-electron chi connectivity index (χ3n) is 12.4. The van der Waals surface area contributed by atoms with Crippen molar-refractivity contribution in [3.05, 3.63) is 138 Å². The Morgan fingerprint density at radius 3 is 1.77 bits per heavy atom. The summed E-state index contributed by atoms with van der Waals surface area (Å²) in [6.45, 7) is 8.53. The standard InChI is InChI=1S/C49H54N8O5/c1-4-55(5-2)43(37-11-7-6-8-12-37)46(59)56-27-9-13-41(56)44-51-30-39(53-44)35-21-17-33(18-22-35)34-19-23-36(24-20-34)40-31-52-45(54-40)42-14-10-28-57(42)47(60)49(3,62-48(50)61)29-32-15-25-38(58)26-16-32/h6-8,11-12,15-26,30-31,41-43,58H,4-5,9-10,13-14,27-29H2,1-3H3,(H2,50,61)(H,51,53)(H,52,54)/t41-,42-,43+,49-/m0/s1. The fourth-order valence-corrected chi connectivity index (χ4v) is 9.17. The molecule has 62 heavy (non-hydrogen) atoms. The summed E-state index contributed by atoms with van der Waals surface area (Å²) in [6, 6.07) is 32.4. The monoisotopic (exact) mass is 834 g/mol. The maximum absolute atomic E-state index is 14.2. The number of rotatable bonds is 14. The number of benzene rings is 4. The number of likely N-dealkylation sites (N-methyl/N-ethyl adjacent to an activating group) is 1. The van der Waals surface area contributed by atoms with E-state index in [0.717, 1.165) is 77.4 Å². The van der Waals surface area contributed by atoms with E-state index in [4.69, 9.17) is 20.4 Å². The van der Waals surface area contributed by atoms with Gasteiger partial charge in [0.1, 0.15) is 23.4 Å².